The first-order valence-electron chi connectivity index (χ1n) is 7.56. The molecule has 1 N–H and O–H groups in total. The van der Waals surface area contributed by atoms with Crippen molar-refractivity contribution in [3.8, 4) is 11.8 Å². The van der Waals surface area contributed by atoms with Gasteiger partial charge in [0.05, 0.1) is 6.07 Å². The largest absolute Gasteiger partial charge is 0.491 e. The molecule has 1 fully saturated rings. The lowest BCUT2D eigenvalue weighted by Gasteiger charge is -2.23. The molecule has 2 rings (SSSR count). The van der Waals surface area contributed by atoms with E-state index in [1.807, 2.05) is 19.1 Å². The minimum Gasteiger partial charge on any atom is -0.491 e. The first-order valence-corrected chi connectivity index (χ1v) is 7.56. The first kappa shape index (κ1) is 14.9. The van der Waals surface area contributed by atoms with Crippen LogP contribution in [0, 0.1) is 11.3 Å². The average molecular weight is 272 g/mol. The third-order valence-electron chi connectivity index (χ3n) is 3.62. The molecule has 0 aliphatic heterocycles. The van der Waals surface area contributed by atoms with Crippen molar-refractivity contribution in [2.75, 3.05) is 6.61 Å². The van der Waals surface area contributed by atoms with Crippen molar-refractivity contribution in [2.24, 2.45) is 0 Å². The van der Waals surface area contributed by atoms with E-state index >= 15 is 0 Å². The highest BCUT2D eigenvalue weighted by molar-refractivity contribution is 5.27. The molecule has 1 aromatic carbocycles. The molecule has 1 aliphatic carbocycles. The molecule has 0 bridgehead atoms. The van der Waals surface area contributed by atoms with Crippen molar-refractivity contribution < 1.29 is 4.74 Å². The van der Waals surface area contributed by atoms with E-state index in [1.165, 1.54) is 31.2 Å². The van der Waals surface area contributed by atoms with Crippen LogP contribution < -0.4 is 10.1 Å². The van der Waals surface area contributed by atoms with E-state index in [2.05, 4.69) is 30.4 Å². The van der Waals surface area contributed by atoms with Crippen LogP contribution in [0.1, 0.15) is 45.1 Å². The Hall–Kier alpha value is -1.53. The summed E-state index contributed by atoms with van der Waals surface area (Å²) >= 11 is 0. The monoisotopic (exact) mass is 272 g/mol. The molecular weight excluding hydrogens is 248 g/mol. The number of aryl methyl sites for hydroxylation is 1. The van der Waals surface area contributed by atoms with Crippen LogP contribution in [0.25, 0.3) is 0 Å². The summed E-state index contributed by atoms with van der Waals surface area (Å²) in [6.45, 7) is 4.49. The van der Waals surface area contributed by atoms with Gasteiger partial charge in [0.1, 0.15) is 17.9 Å². The molecule has 0 spiro atoms. The Morgan fingerprint density at radius 3 is 2.60 bits per heavy atom. The van der Waals surface area contributed by atoms with Crippen LogP contribution in [0.2, 0.25) is 0 Å². The van der Waals surface area contributed by atoms with Gasteiger partial charge in [-0.15, -0.1) is 0 Å². The van der Waals surface area contributed by atoms with Crippen LogP contribution in [0.3, 0.4) is 0 Å². The fraction of sp³-hybridized carbons (Fsp3) is 0.588. The second kappa shape index (κ2) is 6.76. The lowest BCUT2D eigenvalue weighted by molar-refractivity contribution is 0.232. The molecule has 3 nitrogen and oxygen atoms in total. The maximum absolute atomic E-state index is 9.29. The molecule has 1 aromatic rings. The molecule has 1 saturated carbocycles. The average Bonchev–Trinajstić information content (AvgIpc) is 3.28. The quantitative estimate of drug-likeness (QED) is 0.788. The van der Waals surface area contributed by atoms with Gasteiger partial charge in [0.2, 0.25) is 0 Å². The zero-order chi connectivity index (χ0) is 14.4. The number of hydrogen-bond acceptors (Lipinski definition) is 3. The van der Waals surface area contributed by atoms with Crippen LogP contribution in [-0.2, 0) is 6.42 Å². The van der Waals surface area contributed by atoms with E-state index in [9.17, 15) is 5.26 Å². The van der Waals surface area contributed by atoms with Gasteiger partial charge in [0.25, 0.3) is 0 Å². The molecule has 0 saturated heterocycles. The number of ether oxygens (including phenoxy) is 1. The molecule has 20 heavy (non-hydrogen) atoms. The number of rotatable bonds is 8. The van der Waals surface area contributed by atoms with Crippen molar-refractivity contribution in [3.05, 3.63) is 29.8 Å². The highest BCUT2D eigenvalue weighted by atomic mass is 16.5. The molecule has 0 aromatic heterocycles. The van der Waals surface area contributed by atoms with Gasteiger partial charge in [-0.25, -0.2) is 0 Å². The van der Waals surface area contributed by atoms with E-state index < -0.39 is 5.54 Å². The number of nitriles is 1. The lowest BCUT2D eigenvalue weighted by Crippen LogP contribution is -2.47. The number of nitrogens with zero attached hydrogens (tertiary/aromatic N) is 1. The highest BCUT2D eigenvalue weighted by Gasteiger charge is 2.33. The highest BCUT2D eigenvalue weighted by Crippen LogP contribution is 2.23. The van der Waals surface area contributed by atoms with Crippen molar-refractivity contribution in [3.63, 3.8) is 0 Å². The maximum Gasteiger partial charge on any atom is 0.138 e. The third-order valence-corrected chi connectivity index (χ3v) is 3.62. The number of nitrogens with one attached hydrogen (secondary N) is 1. The number of unbranched alkanes of at least 4 members (excludes halogenated alkanes) is 1. The Morgan fingerprint density at radius 2 is 2.05 bits per heavy atom. The molecule has 1 atom stereocenters. The fourth-order valence-electron chi connectivity index (χ4n) is 2.15. The van der Waals surface area contributed by atoms with E-state index in [0.717, 1.165) is 12.2 Å². The summed E-state index contributed by atoms with van der Waals surface area (Å²) in [6.07, 6.45) is 5.90. The predicted octanol–water partition coefficient (Wildman–Crippen LogP) is 3.44. The summed E-state index contributed by atoms with van der Waals surface area (Å²) < 4.78 is 5.77. The number of hydrogen-bond donors (Lipinski definition) is 1. The van der Waals surface area contributed by atoms with Crippen molar-refractivity contribution in [1.29, 1.82) is 5.26 Å². The maximum atomic E-state index is 9.29. The van der Waals surface area contributed by atoms with E-state index in [4.69, 9.17) is 4.74 Å². The third kappa shape index (κ3) is 4.54. The Morgan fingerprint density at radius 1 is 1.35 bits per heavy atom. The molecule has 1 unspecified atom stereocenters. The molecular formula is C17H24N2O. The van der Waals surface area contributed by atoms with Crippen LogP contribution in [0.5, 0.6) is 5.75 Å². The standard InChI is InChI=1S/C17H24N2O/c1-3-4-5-14-6-10-16(11-7-14)20-13-17(2,12-18)19-15-8-9-15/h6-7,10-11,15,19H,3-5,8-9,13H2,1-2H3. The number of benzene rings is 1. The Balaban J connectivity index is 1.84. The zero-order valence-electron chi connectivity index (χ0n) is 12.5. The Bertz CT molecular complexity index is 459. The molecule has 0 heterocycles. The zero-order valence-corrected chi connectivity index (χ0v) is 12.5. The molecule has 0 radical (unpaired) electrons. The van der Waals surface area contributed by atoms with Crippen molar-refractivity contribution in [1.82, 2.24) is 5.32 Å². The smallest absolute Gasteiger partial charge is 0.138 e. The SMILES string of the molecule is CCCCc1ccc(OCC(C)(C#N)NC2CC2)cc1. The lowest BCUT2D eigenvalue weighted by atomic mass is 10.1. The van der Waals surface area contributed by atoms with E-state index in [1.54, 1.807) is 0 Å². The predicted molar refractivity (Wildman–Crippen MR) is 80.7 cm³/mol. The van der Waals surface area contributed by atoms with Gasteiger partial charge in [0, 0.05) is 6.04 Å². The van der Waals surface area contributed by atoms with Gasteiger partial charge >= 0.3 is 0 Å². The fourth-order valence-corrected chi connectivity index (χ4v) is 2.15. The Labute approximate surface area is 121 Å². The van der Waals surface area contributed by atoms with Crippen molar-refractivity contribution in [2.45, 2.75) is 57.5 Å². The summed E-state index contributed by atoms with van der Waals surface area (Å²) in [5.41, 5.74) is 0.751. The summed E-state index contributed by atoms with van der Waals surface area (Å²) in [4.78, 5) is 0. The summed E-state index contributed by atoms with van der Waals surface area (Å²) in [7, 11) is 0. The molecule has 1 aliphatic rings. The van der Waals surface area contributed by atoms with Gasteiger partial charge in [-0.05, 0) is 50.3 Å². The minimum absolute atomic E-state index is 0.383. The van der Waals surface area contributed by atoms with Crippen LogP contribution >= 0.6 is 0 Å². The second-order valence-corrected chi connectivity index (χ2v) is 5.90. The minimum atomic E-state index is -0.595. The topological polar surface area (TPSA) is 45.0 Å². The summed E-state index contributed by atoms with van der Waals surface area (Å²) in [5, 5.41) is 12.6. The van der Waals surface area contributed by atoms with E-state index in [0.29, 0.717) is 12.6 Å². The van der Waals surface area contributed by atoms with E-state index in [-0.39, 0.29) is 0 Å². The molecule has 3 heteroatoms. The van der Waals surface area contributed by atoms with Gasteiger partial charge < -0.3 is 4.74 Å². The van der Waals surface area contributed by atoms with Gasteiger partial charge in [-0.3, -0.25) is 5.32 Å². The van der Waals surface area contributed by atoms with Crippen LogP contribution in [-0.4, -0.2) is 18.2 Å². The van der Waals surface area contributed by atoms with Crippen molar-refractivity contribution >= 4 is 0 Å². The van der Waals surface area contributed by atoms with Gasteiger partial charge in [0.15, 0.2) is 0 Å². The molecule has 108 valence electrons. The second-order valence-electron chi connectivity index (χ2n) is 5.90. The van der Waals surface area contributed by atoms with Crippen LogP contribution in [0.15, 0.2) is 24.3 Å². The summed E-state index contributed by atoms with van der Waals surface area (Å²) in [5.74, 6) is 0.837. The van der Waals surface area contributed by atoms with Crippen LogP contribution in [0.4, 0.5) is 0 Å². The first-order chi connectivity index (χ1) is 9.65. The van der Waals surface area contributed by atoms with Gasteiger partial charge in [-0.2, -0.15) is 5.26 Å². The normalized spacial score (nSPS) is 17.2. The summed E-state index contributed by atoms with van der Waals surface area (Å²) in [6, 6.07) is 11.1. The molecule has 0 amide bonds. The Kier molecular flexibility index (Phi) is 5.03. The van der Waals surface area contributed by atoms with Gasteiger partial charge in [-0.1, -0.05) is 25.5 Å².